The first-order valence-electron chi connectivity index (χ1n) is 12.3. The Morgan fingerprint density at radius 2 is 1.61 bits per heavy atom. The van der Waals surface area contributed by atoms with Crippen molar-refractivity contribution in [1.82, 2.24) is 0 Å². The van der Waals surface area contributed by atoms with Crippen LogP contribution in [0.15, 0.2) is 54.6 Å². The second-order valence-electron chi connectivity index (χ2n) is 9.38. The highest BCUT2D eigenvalue weighted by Crippen LogP contribution is 2.40. The van der Waals surface area contributed by atoms with E-state index in [1.165, 1.54) is 42.5 Å². The number of carbonyl (C=O) groups excluding carboxylic acids is 1. The maximum absolute atomic E-state index is 14.9. The Kier molecular flexibility index (Phi) is 7.99. The number of esters is 1. The van der Waals surface area contributed by atoms with Gasteiger partial charge in [0.05, 0.1) is 11.7 Å². The van der Waals surface area contributed by atoms with Gasteiger partial charge in [-0.3, -0.25) is 0 Å². The van der Waals surface area contributed by atoms with Gasteiger partial charge in [0.15, 0.2) is 23.1 Å². The summed E-state index contributed by atoms with van der Waals surface area (Å²) in [6.45, 7) is 2.02. The molecule has 4 nitrogen and oxygen atoms in total. The van der Waals surface area contributed by atoms with Gasteiger partial charge in [-0.25, -0.2) is 13.6 Å². The number of aromatic hydroxyl groups is 1. The van der Waals surface area contributed by atoms with Crippen LogP contribution >= 0.6 is 0 Å². The molecule has 1 aliphatic carbocycles. The maximum Gasteiger partial charge on any atom is 0.343 e. The minimum absolute atomic E-state index is 0.117. The van der Waals surface area contributed by atoms with Gasteiger partial charge in [0.1, 0.15) is 0 Å². The zero-order valence-electron chi connectivity index (χ0n) is 20.0. The second-order valence-corrected chi connectivity index (χ2v) is 9.38. The first-order chi connectivity index (χ1) is 17.3. The molecule has 1 saturated carbocycles. The minimum atomic E-state index is -1.20. The van der Waals surface area contributed by atoms with Gasteiger partial charge in [-0.05, 0) is 91.0 Å². The molecule has 1 fully saturated rings. The van der Waals surface area contributed by atoms with Crippen molar-refractivity contribution in [3.63, 3.8) is 0 Å². The van der Waals surface area contributed by atoms with Gasteiger partial charge in [0, 0.05) is 0 Å². The molecule has 1 unspecified atom stereocenters. The van der Waals surface area contributed by atoms with Crippen LogP contribution in [0.5, 0.6) is 11.5 Å². The largest absolute Gasteiger partial charge is 0.505 e. The fraction of sp³-hybridized carbons (Fsp3) is 0.345. The van der Waals surface area contributed by atoms with Crippen LogP contribution in [-0.2, 0) is 0 Å². The SMILES string of the molecule is CCCC(O)C1CCC(c2ccc(OC(=O)c3ccc(-c4ccc(O)c(F)c4)cc3)c(F)c2F)CC1. The lowest BCUT2D eigenvalue weighted by Gasteiger charge is -2.32. The average Bonchev–Trinajstić information content (AvgIpc) is 2.89. The molecule has 7 heteroatoms. The number of aliphatic hydroxyl groups is 1. The number of ether oxygens (including phenoxy) is 1. The third-order valence-corrected chi connectivity index (χ3v) is 7.02. The standard InChI is InChI=1S/C29H29F3O4/c1-2-3-24(33)19-8-6-18(7-9-19)22-13-15-26(28(32)27(22)31)36-29(35)20-10-4-17(5-11-20)21-12-14-25(34)23(30)16-21/h4-5,10-16,18-19,24,33-34H,2-3,6-9H2,1H3. The summed E-state index contributed by atoms with van der Waals surface area (Å²) in [5.74, 6) is -4.74. The fourth-order valence-electron chi connectivity index (χ4n) is 4.93. The van der Waals surface area contributed by atoms with Gasteiger partial charge < -0.3 is 14.9 Å². The molecule has 1 atom stereocenters. The van der Waals surface area contributed by atoms with E-state index >= 15 is 0 Å². The fourth-order valence-corrected chi connectivity index (χ4v) is 4.93. The van der Waals surface area contributed by atoms with Crippen molar-refractivity contribution < 1.29 is 32.9 Å². The van der Waals surface area contributed by atoms with E-state index < -0.39 is 34.9 Å². The lowest BCUT2D eigenvalue weighted by Crippen LogP contribution is -2.25. The number of hydrogen-bond donors (Lipinski definition) is 2. The first kappa shape index (κ1) is 25.8. The molecular weight excluding hydrogens is 469 g/mol. The van der Waals surface area contributed by atoms with Crippen LogP contribution in [0.25, 0.3) is 11.1 Å². The van der Waals surface area contributed by atoms with Gasteiger partial charge in [-0.2, -0.15) is 4.39 Å². The number of rotatable bonds is 7. The van der Waals surface area contributed by atoms with Crippen molar-refractivity contribution in [3.05, 3.63) is 83.2 Å². The Morgan fingerprint density at radius 3 is 2.25 bits per heavy atom. The van der Waals surface area contributed by atoms with Crippen LogP contribution in [0.3, 0.4) is 0 Å². The van der Waals surface area contributed by atoms with Crippen LogP contribution in [0.4, 0.5) is 13.2 Å². The number of phenols is 1. The zero-order chi connectivity index (χ0) is 25.8. The van der Waals surface area contributed by atoms with Gasteiger partial charge in [-0.15, -0.1) is 0 Å². The van der Waals surface area contributed by atoms with Crippen LogP contribution in [-0.4, -0.2) is 22.3 Å². The van der Waals surface area contributed by atoms with Crippen LogP contribution in [0, 0.1) is 23.4 Å². The van der Waals surface area contributed by atoms with Crippen molar-refractivity contribution in [1.29, 1.82) is 0 Å². The van der Waals surface area contributed by atoms with E-state index in [0.717, 1.165) is 25.7 Å². The highest BCUT2D eigenvalue weighted by Gasteiger charge is 2.30. The Balaban J connectivity index is 1.42. The maximum atomic E-state index is 14.9. The predicted octanol–water partition coefficient (Wildman–Crippen LogP) is 7.13. The molecule has 0 aliphatic heterocycles. The summed E-state index contributed by atoms with van der Waals surface area (Å²) >= 11 is 0. The molecule has 36 heavy (non-hydrogen) atoms. The third kappa shape index (κ3) is 5.57. The summed E-state index contributed by atoms with van der Waals surface area (Å²) in [7, 11) is 0. The van der Waals surface area contributed by atoms with E-state index in [1.807, 2.05) is 6.92 Å². The van der Waals surface area contributed by atoms with E-state index in [-0.39, 0.29) is 29.1 Å². The minimum Gasteiger partial charge on any atom is -0.505 e. The molecule has 3 aromatic rings. The van der Waals surface area contributed by atoms with Crippen molar-refractivity contribution in [2.45, 2.75) is 57.5 Å². The van der Waals surface area contributed by atoms with Crippen LogP contribution in [0.1, 0.15) is 67.3 Å². The van der Waals surface area contributed by atoms with Crippen LogP contribution in [0.2, 0.25) is 0 Å². The van der Waals surface area contributed by atoms with E-state index in [9.17, 15) is 28.2 Å². The molecule has 0 bridgehead atoms. The molecule has 0 heterocycles. The van der Waals surface area contributed by atoms with Gasteiger partial charge in [-0.1, -0.05) is 37.6 Å². The predicted molar refractivity (Wildman–Crippen MR) is 130 cm³/mol. The lowest BCUT2D eigenvalue weighted by atomic mass is 9.76. The molecule has 190 valence electrons. The Hall–Kier alpha value is -3.32. The highest BCUT2D eigenvalue weighted by molar-refractivity contribution is 5.91. The summed E-state index contributed by atoms with van der Waals surface area (Å²) in [4.78, 5) is 12.5. The molecule has 1 aliphatic rings. The zero-order valence-corrected chi connectivity index (χ0v) is 20.0. The smallest absolute Gasteiger partial charge is 0.343 e. The van der Waals surface area contributed by atoms with Crippen LogP contribution < -0.4 is 4.74 Å². The molecule has 0 amide bonds. The summed E-state index contributed by atoms with van der Waals surface area (Å²) in [6, 6.07) is 12.7. The van der Waals surface area contributed by atoms with E-state index in [4.69, 9.17) is 4.74 Å². The van der Waals surface area contributed by atoms with Crippen molar-refractivity contribution in [2.75, 3.05) is 0 Å². The lowest BCUT2D eigenvalue weighted by molar-refractivity contribution is 0.0725. The molecule has 0 spiro atoms. The van der Waals surface area contributed by atoms with E-state index in [1.54, 1.807) is 12.1 Å². The number of halogens is 3. The quantitative estimate of drug-likeness (QED) is 0.269. The summed E-state index contributed by atoms with van der Waals surface area (Å²) < 4.78 is 48.5. The normalized spacial score (nSPS) is 18.6. The Labute approximate surface area is 208 Å². The molecule has 0 aromatic heterocycles. The summed E-state index contributed by atoms with van der Waals surface area (Å²) in [5.41, 5.74) is 1.49. The molecule has 0 saturated heterocycles. The number of carbonyl (C=O) groups is 1. The Bertz CT molecular complexity index is 1220. The molecular formula is C29H29F3O4. The monoisotopic (exact) mass is 498 g/mol. The van der Waals surface area contributed by atoms with Gasteiger partial charge in [0.2, 0.25) is 5.82 Å². The van der Waals surface area contributed by atoms with E-state index in [2.05, 4.69) is 0 Å². The Morgan fingerprint density at radius 1 is 0.944 bits per heavy atom. The number of hydrogen-bond acceptors (Lipinski definition) is 4. The molecule has 3 aromatic carbocycles. The van der Waals surface area contributed by atoms with Crippen molar-refractivity contribution in [3.8, 4) is 22.6 Å². The van der Waals surface area contributed by atoms with Gasteiger partial charge >= 0.3 is 5.97 Å². The summed E-state index contributed by atoms with van der Waals surface area (Å²) in [6.07, 6.45) is 4.15. The topological polar surface area (TPSA) is 66.8 Å². The van der Waals surface area contributed by atoms with Crippen molar-refractivity contribution in [2.24, 2.45) is 5.92 Å². The van der Waals surface area contributed by atoms with E-state index in [0.29, 0.717) is 24.0 Å². The average molecular weight is 499 g/mol. The molecule has 4 rings (SSSR count). The number of benzene rings is 3. The first-order valence-corrected chi connectivity index (χ1v) is 12.3. The second kappa shape index (κ2) is 11.2. The van der Waals surface area contributed by atoms with Crippen molar-refractivity contribution >= 4 is 5.97 Å². The highest BCUT2D eigenvalue weighted by atomic mass is 19.2. The number of aliphatic hydroxyl groups excluding tert-OH is 1. The third-order valence-electron chi connectivity index (χ3n) is 7.02. The van der Waals surface area contributed by atoms with Gasteiger partial charge in [0.25, 0.3) is 0 Å². The molecule has 0 radical (unpaired) electrons. The summed E-state index contributed by atoms with van der Waals surface area (Å²) in [5, 5.41) is 19.6. The molecule has 2 N–H and O–H groups in total. The number of phenolic OH excluding ortho intramolecular Hbond substituents is 1.